The summed E-state index contributed by atoms with van der Waals surface area (Å²) in [5.41, 5.74) is 4.24. The Bertz CT molecular complexity index is 618. The molecule has 27 heavy (non-hydrogen) atoms. The SMILES string of the molecule is CN=C(NCCC1=CCCCC1)NCc1ccc(CN2CCOCC2)cc1. The van der Waals surface area contributed by atoms with Gasteiger partial charge in [-0.1, -0.05) is 35.9 Å². The number of hydrogen-bond donors (Lipinski definition) is 2. The minimum Gasteiger partial charge on any atom is -0.379 e. The molecule has 3 rings (SSSR count). The van der Waals surface area contributed by atoms with Crippen molar-refractivity contribution in [3.8, 4) is 0 Å². The molecule has 148 valence electrons. The smallest absolute Gasteiger partial charge is 0.191 e. The second-order valence-electron chi connectivity index (χ2n) is 7.42. The Morgan fingerprint density at radius 2 is 1.85 bits per heavy atom. The second kappa shape index (κ2) is 11.1. The maximum atomic E-state index is 5.41. The molecule has 0 atom stereocenters. The summed E-state index contributed by atoms with van der Waals surface area (Å²) in [6.45, 7) is 6.52. The summed E-state index contributed by atoms with van der Waals surface area (Å²) < 4.78 is 5.41. The van der Waals surface area contributed by atoms with Gasteiger partial charge in [-0.05, 0) is 43.2 Å². The third kappa shape index (κ3) is 7.00. The van der Waals surface area contributed by atoms with Gasteiger partial charge in [0.15, 0.2) is 5.96 Å². The summed E-state index contributed by atoms with van der Waals surface area (Å²) in [7, 11) is 1.83. The zero-order valence-corrected chi connectivity index (χ0v) is 16.7. The molecule has 1 fully saturated rings. The average Bonchev–Trinajstić information content (AvgIpc) is 2.73. The number of ether oxygens (including phenoxy) is 1. The molecule has 2 aliphatic rings. The van der Waals surface area contributed by atoms with Crippen LogP contribution in [0.2, 0.25) is 0 Å². The topological polar surface area (TPSA) is 48.9 Å². The maximum Gasteiger partial charge on any atom is 0.191 e. The number of allylic oxidation sites excluding steroid dienone is 1. The van der Waals surface area contributed by atoms with Crippen molar-refractivity contribution in [1.29, 1.82) is 0 Å². The van der Waals surface area contributed by atoms with Crippen LogP contribution < -0.4 is 10.6 Å². The van der Waals surface area contributed by atoms with Crippen molar-refractivity contribution in [3.63, 3.8) is 0 Å². The number of benzene rings is 1. The number of guanidine groups is 1. The Kier molecular flexibility index (Phi) is 8.18. The summed E-state index contributed by atoms with van der Waals surface area (Å²) in [4.78, 5) is 6.79. The zero-order valence-electron chi connectivity index (χ0n) is 16.7. The summed E-state index contributed by atoms with van der Waals surface area (Å²) in [6, 6.07) is 8.89. The molecule has 1 heterocycles. The van der Waals surface area contributed by atoms with Gasteiger partial charge in [-0.25, -0.2) is 0 Å². The number of hydrogen-bond acceptors (Lipinski definition) is 3. The van der Waals surface area contributed by atoms with Crippen LogP contribution >= 0.6 is 0 Å². The molecule has 5 nitrogen and oxygen atoms in total. The highest BCUT2D eigenvalue weighted by molar-refractivity contribution is 5.79. The third-order valence-corrected chi connectivity index (χ3v) is 5.34. The fraction of sp³-hybridized carbons (Fsp3) is 0.591. The highest BCUT2D eigenvalue weighted by atomic mass is 16.5. The maximum absolute atomic E-state index is 5.41. The van der Waals surface area contributed by atoms with E-state index in [1.807, 2.05) is 7.05 Å². The minimum atomic E-state index is 0.792. The van der Waals surface area contributed by atoms with Crippen LogP contribution in [0.5, 0.6) is 0 Å². The first kappa shape index (κ1) is 19.9. The lowest BCUT2D eigenvalue weighted by atomic mass is 9.97. The summed E-state index contributed by atoms with van der Waals surface area (Å²) >= 11 is 0. The van der Waals surface area contributed by atoms with Gasteiger partial charge in [-0.2, -0.15) is 0 Å². The average molecular weight is 371 g/mol. The van der Waals surface area contributed by atoms with Gasteiger partial charge >= 0.3 is 0 Å². The normalized spacial score (nSPS) is 18.9. The monoisotopic (exact) mass is 370 g/mol. The quantitative estimate of drug-likeness (QED) is 0.440. The fourth-order valence-corrected chi connectivity index (χ4v) is 3.66. The Hall–Kier alpha value is -1.85. The number of morpholine rings is 1. The van der Waals surface area contributed by atoms with Crippen molar-refractivity contribution in [3.05, 3.63) is 47.0 Å². The first-order valence-electron chi connectivity index (χ1n) is 10.3. The minimum absolute atomic E-state index is 0.792. The molecule has 0 radical (unpaired) electrons. The molecule has 0 amide bonds. The van der Waals surface area contributed by atoms with Crippen molar-refractivity contribution >= 4 is 5.96 Å². The van der Waals surface area contributed by atoms with Crippen LogP contribution in [0.3, 0.4) is 0 Å². The van der Waals surface area contributed by atoms with Crippen LogP contribution in [0.1, 0.15) is 43.2 Å². The van der Waals surface area contributed by atoms with Crippen molar-refractivity contribution in [2.75, 3.05) is 39.9 Å². The summed E-state index contributed by atoms with van der Waals surface area (Å²) in [5, 5.41) is 6.85. The van der Waals surface area contributed by atoms with E-state index in [-0.39, 0.29) is 0 Å². The van der Waals surface area contributed by atoms with Crippen molar-refractivity contribution < 1.29 is 4.74 Å². The molecule has 1 aliphatic heterocycles. The van der Waals surface area contributed by atoms with Gasteiger partial charge in [-0.15, -0.1) is 0 Å². The lowest BCUT2D eigenvalue weighted by Crippen LogP contribution is -2.37. The molecule has 0 bridgehead atoms. The molecular formula is C22H34N4O. The molecule has 2 N–H and O–H groups in total. The molecule has 0 saturated carbocycles. The van der Waals surface area contributed by atoms with Crippen molar-refractivity contribution in [2.24, 2.45) is 4.99 Å². The van der Waals surface area contributed by atoms with Gasteiger partial charge in [-0.3, -0.25) is 9.89 Å². The van der Waals surface area contributed by atoms with Gasteiger partial charge in [0, 0.05) is 39.8 Å². The van der Waals surface area contributed by atoms with Crippen LogP contribution in [-0.2, 0) is 17.8 Å². The predicted molar refractivity (Wildman–Crippen MR) is 112 cm³/mol. The van der Waals surface area contributed by atoms with Gasteiger partial charge in [0.05, 0.1) is 13.2 Å². The van der Waals surface area contributed by atoms with Gasteiger partial charge in [0.1, 0.15) is 0 Å². The van der Waals surface area contributed by atoms with E-state index in [1.54, 1.807) is 5.57 Å². The predicted octanol–water partition coefficient (Wildman–Crippen LogP) is 3.07. The molecular weight excluding hydrogens is 336 g/mol. The zero-order chi connectivity index (χ0) is 18.7. The molecule has 1 aromatic carbocycles. The van der Waals surface area contributed by atoms with Gasteiger partial charge in [0.25, 0.3) is 0 Å². The fourth-order valence-electron chi connectivity index (χ4n) is 3.66. The van der Waals surface area contributed by atoms with E-state index >= 15 is 0 Å². The van der Waals surface area contributed by atoms with Crippen LogP contribution in [0.15, 0.2) is 40.9 Å². The Labute approximate surface area is 163 Å². The molecule has 0 aromatic heterocycles. The van der Waals surface area contributed by atoms with Crippen LogP contribution in [0.4, 0.5) is 0 Å². The number of nitrogens with zero attached hydrogens (tertiary/aromatic N) is 2. The van der Waals surface area contributed by atoms with Crippen molar-refractivity contribution in [2.45, 2.75) is 45.2 Å². The lowest BCUT2D eigenvalue weighted by molar-refractivity contribution is 0.0342. The Morgan fingerprint density at radius 3 is 2.56 bits per heavy atom. The van der Waals surface area contributed by atoms with E-state index < -0.39 is 0 Å². The summed E-state index contributed by atoms with van der Waals surface area (Å²) in [5.74, 6) is 0.879. The highest BCUT2D eigenvalue weighted by Crippen LogP contribution is 2.19. The largest absolute Gasteiger partial charge is 0.379 e. The molecule has 5 heteroatoms. The molecule has 1 saturated heterocycles. The van der Waals surface area contributed by atoms with E-state index in [2.05, 4.69) is 50.9 Å². The molecule has 0 unspecified atom stereocenters. The molecule has 1 aliphatic carbocycles. The number of aliphatic imine (C=N–C) groups is 1. The van der Waals surface area contributed by atoms with Gasteiger partial charge in [0.2, 0.25) is 0 Å². The first-order valence-corrected chi connectivity index (χ1v) is 10.3. The van der Waals surface area contributed by atoms with Crippen LogP contribution in [-0.4, -0.2) is 50.8 Å². The van der Waals surface area contributed by atoms with E-state index in [0.717, 1.165) is 58.3 Å². The number of nitrogens with one attached hydrogen (secondary N) is 2. The van der Waals surface area contributed by atoms with Gasteiger partial charge < -0.3 is 15.4 Å². The third-order valence-electron chi connectivity index (χ3n) is 5.34. The van der Waals surface area contributed by atoms with E-state index in [9.17, 15) is 0 Å². The number of rotatable bonds is 7. The van der Waals surface area contributed by atoms with E-state index in [0.29, 0.717) is 0 Å². The van der Waals surface area contributed by atoms with Crippen LogP contribution in [0, 0.1) is 0 Å². The van der Waals surface area contributed by atoms with E-state index in [4.69, 9.17) is 4.74 Å². The molecule has 1 aromatic rings. The summed E-state index contributed by atoms with van der Waals surface area (Å²) in [6.07, 6.45) is 8.76. The lowest BCUT2D eigenvalue weighted by Gasteiger charge is -2.26. The Morgan fingerprint density at radius 1 is 1.07 bits per heavy atom. The van der Waals surface area contributed by atoms with Crippen LogP contribution in [0.25, 0.3) is 0 Å². The first-order chi connectivity index (χ1) is 13.3. The second-order valence-corrected chi connectivity index (χ2v) is 7.42. The van der Waals surface area contributed by atoms with E-state index in [1.165, 1.54) is 36.8 Å². The highest BCUT2D eigenvalue weighted by Gasteiger charge is 2.10. The Balaban J connectivity index is 1.37. The molecule has 0 spiro atoms. The standard InChI is InChI=1S/C22H34N4O/c1-23-22(24-12-11-19-5-3-2-4-6-19)25-17-20-7-9-21(10-8-20)18-26-13-15-27-16-14-26/h5,7-10H,2-4,6,11-18H2,1H3,(H2,23,24,25). The van der Waals surface area contributed by atoms with Crippen molar-refractivity contribution in [1.82, 2.24) is 15.5 Å².